The molecule has 1 amide bonds. The van der Waals surface area contributed by atoms with Crippen LogP contribution in [0.25, 0.3) is 28.2 Å². The number of methoxy groups -OCH3 is 1. The van der Waals surface area contributed by atoms with Gasteiger partial charge in [-0.3, -0.25) is 9.69 Å². The number of ether oxygens (including phenoxy) is 1. The number of piperazine rings is 1. The van der Waals surface area contributed by atoms with Crippen LogP contribution in [0.15, 0.2) is 60.9 Å². The molecule has 0 bridgehead atoms. The van der Waals surface area contributed by atoms with Gasteiger partial charge in [0.05, 0.1) is 18.5 Å². The minimum Gasteiger partial charge on any atom is -0.497 e. The van der Waals surface area contributed by atoms with Gasteiger partial charge in [0.15, 0.2) is 0 Å². The first kappa shape index (κ1) is 21.3. The van der Waals surface area contributed by atoms with Crippen molar-refractivity contribution >= 4 is 11.6 Å². The fourth-order valence-electron chi connectivity index (χ4n) is 4.57. The van der Waals surface area contributed by atoms with Crippen molar-refractivity contribution in [2.75, 3.05) is 33.3 Å². The Hall–Kier alpha value is -3.58. The van der Waals surface area contributed by atoms with Crippen molar-refractivity contribution in [2.45, 2.75) is 13.5 Å². The molecule has 4 aromatic rings. The lowest BCUT2D eigenvalue weighted by Gasteiger charge is -2.34. The third-order valence-corrected chi connectivity index (χ3v) is 6.51. The fourth-order valence-corrected chi connectivity index (χ4v) is 4.57. The smallest absolute Gasteiger partial charge is 0.219 e. The van der Waals surface area contributed by atoms with Crippen LogP contribution in [0.4, 0.5) is 0 Å². The summed E-state index contributed by atoms with van der Waals surface area (Å²) < 4.78 is 9.69. The first-order valence-electron chi connectivity index (χ1n) is 11.3. The van der Waals surface area contributed by atoms with Crippen LogP contribution < -0.4 is 4.74 Å². The number of nitrogens with zero attached hydrogens (tertiary/aromatic N) is 5. The van der Waals surface area contributed by atoms with E-state index in [0.29, 0.717) is 0 Å². The van der Waals surface area contributed by atoms with E-state index in [4.69, 9.17) is 9.72 Å². The van der Waals surface area contributed by atoms with Crippen LogP contribution >= 0.6 is 0 Å². The van der Waals surface area contributed by atoms with Gasteiger partial charge in [-0.2, -0.15) is 0 Å². The van der Waals surface area contributed by atoms with Crippen molar-refractivity contribution in [1.82, 2.24) is 23.8 Å². The first-order valence-corrected chi connectivity index (χ1v) is 11.3. The summed E-state index contributed by atoms with van der Waals surface area (Å²) in [5.74, 6) is 0.978. The highest BCUT2D eigenvalue weighted by molar-refractivity contribution is 5.73. The molecule has 0 N–H and O–H groups in total. The van der Waals surface area contributed by atoms with Gasteiger partial charge in [-0.25, -0.2) is 4.98 Å². The van der Waals surface area contributed by atoms with Gasteiger partial charge in [-0.05, 0) is 48.5 Å². The normalized spacial score (nSPS) is 14.7. The lowest BCUT2D eigenvalue weighted by Crippen LogP contribution is -2.47. The summed E-state index contributed by atoms with van der Waals surface area (Å²) in [4.78, 5) is 21.1. The van der Waals surface area contributed by atoms with E-state index >= 15 is 0 Å². The van der Waals surface area contributed by atoms with Gasteiger partial charge in [0.1, 0.15) is 11.4 Å². The molecule has 1 aliphatic rings. The van der Waals surface area contributed by atoms with E-state index in [0.717, 1.165) is 72.3 Å². The Morgan fingerprint density at radius 3 is 2.36 bits per heavy atom. The van der Waals surface area contributed by atoms with E-state index in [9.17, 15) is 4.79 Å². The summed E-state index contributed by atoms with van der Waals surface area (Å²) in [6, 6.07) is 16.5. The molecule has 170 valence electrons. The van der Waals surface area contributed by atoms with Crippen LogP contribution in [0.5, 0.6) is 5.75 Å². The number of fused-ring (bicyclic) bond motifs is 1. The topological polar surface area (TPSA) is 55.0 Å². The van der Waals surface area contributed by atoms with Gasteiger partial charge in [0, 0.05) is 75.9 Å². The van der Waals surface area contributed by atoms with Gasteiger partial charge >= 0.3 is 0 Å². The van der Waals surface area contributed by atoms with Crippen molar-refractivity contribution in [1.29, 1.82) is 0 Å². The summed E-state index contributed by atoms with van der Waals surface area (Å²) >= 11 is 0. The van der Waals surface area contributed by atoms with Crippen molar-refractivity contribution in [3.63, 3.8) is 0 Å². The molecule has 1 aromatic carbocycles. The molecular weight excluding hydrogens is 414 g/mol. The molecular formula is C26H29N5O2. The number of carbonyl (C=O) groups is 1. The molecule has 0 spiro atoms. The molecule has 33 heavy (non-hydrogen) atoms. The monoisotopic (exact) mass is 443 g/mol. The van der Waals surface area contributed by atoms with Crippen LogP contribution in [-0.2, 0) is 18.4 Å². The van der Waals surface area contributed by atoms with Crippen LogP contribution in [0, 0.1) is 0 Å². The molecule has 3 aromatic heterocycles. The maximum atomic E-state index is 11.7. The Labute approximate surface area is 193 Å². The maximum Gasteiger partial charge on any atom is 0.219 e. The van der Waals surface area contributed by atoms with E-state index < -0.39 is 0 Å². The average molecular weight is 444 g/mol. The summed E-state index contributed by atoms with van der Waals surface area (Å²) in [6.45, 7) is 5.65. The molecule has 0 atom stereocenters. The summed E-state index contributed by atoms with van der Waals surface area (Å²) in [5.41, 5.74) is 6.44. The van der Waals surface area contributed by atoms with Crippen molar-refractivity contribution in [3.8, 4) is 28.3 Å². The number of pyridine rings is 1. The lowest BCUT2D eigenvalue weighted by atomic mass is 10.1. The molecule has 0 unspecified atom stereocenters. The summed E-state index contributed by atoms with van der Waals surface area (Å²) in [5, 5.41) is 0. The quantitative estimate of drug-likeness (QED) is 0.472. The predicted molar refractivity (Wildman–Crippen MR) is 129 cm³/mol. The third-order valence-electron chi connectivity index (χ3n) is 6.51. The molecule has 5 rings (SSSR count). The second-order valence-corrected chi connectivity index (χ2v) is 8.57. The highest BCUT2D eigenvalue weighted by Gasteiger charge is 2.22. The van der Waals surface area contributed by atoms with E-state index in [-0.39, 0.29) is 5.91 Å². The zero-order chi connectivity index (χ0) is 22.9. The lowest BCUT2D eigenvalue weighted by molar-refractivity contribution is -0.130. The molecule has 0 saturated carbocycles. The average Bonchev–Trinajstić information content (AvgIpc) is 3.42. The van der Waals surface area contributed by atoms with Crippen molar-refractivity contribution in [2.24, 2.45) is 7.05 Å². The molecule has 4 heterocycles. The molecule has 0 aliphatic carbocycles. The third kappa shape index (κ3) is 4.12. The fraction of sp³-hybridized carbons (Fsp3) is 0.308. The van der Waals surface area contributed by atoms with E-state index in [1.165, 1.54) is 0 Å². The van der Waals surface area contributed by atoms with Crippen molar-refractivity contribution < 1.29 is 9.53 Å². The van der Waals surface area contributed by atoms with Gasteiger partial charge in [-0.15, -0.1) is 0 Å². The predicted octanol–water partition coefficient (Wildman–Crippen LogP) is 3.68. The number of amides is 1. The molecule has 7 nitrogen and oxygen atoms in total. The Kier molecular flexibility index (Phi) is 5.64. The minimum absolute atomic E-state index is 0.149. The number of aryl methyl sites for hydroxylation is 1. The van der Waals surface area contributed by atoms with E-state index in [2.05, 4.69) is 69.7 Å². The number of hydrogen-bond acceptors (Lipinski definition) is 4. The van der Waals surface area contributed by atoms with Crippen LogP contribution in [0.2, 0.25) is 0 Å². The number of carbonyl (C=O) groups excluding carboxylic acids is 1. The number of benzene rings is 1. The van der Waals surface area contributed by atoms with Gasteiger partial charge in [0.2, 0.25) is 5.91 Å². The highest BCUT2D eigenvalue weighted by atomic mass is 16.5. The minimum atomic E-state index is 0.149. The largest absolute Gasteiger partial charge is 0.497 e. The van der Waals surface area contributed by atoms with E-state index in [1.807, 2.05) is 17.0 Å². The summed E-state index contributed by atoms with van der Waals surface area (Å²) in [6.07, 6.45) is 4.25. The van der Waals surface area contributed by atoms with E-state index in [1.54, 1.807) is 14.0 Å². The van der Waals surface area contributed by atoms with Crippen LogP contribution in [0.3, 0.4) is 0 Å². The Balaban J connectivity index is 1.56. The van der Waals surface area contributed by atoms with Gasteiger partial charge in [-0.1, -0.05) is 0 Å². The standard InChI is InChI=1S/C26H29N5O2/c1-19(32)30-15-13-29(14-16-30)18-24-26(20-6-9-22(33-3)10-7-20)27-25-11-8-21(17-31(24)25)23-5-4-12-28(23)2/h4-12,17H,13-16,18H2,1-3H3. The van der Waals surface area contributed by atoms with Crippen LogP contribution in [-0.4, -0.2) is 62.9 Å². The number of hydrogen-bond donors (Lipinski definition) is 0. The van der Waals surface area contributed by atoms with Gasteiger partial charge in [0.25, 0.3) is 0 Å². The maximum absolute atomic E-state index is 11.7. The Bertz CT molecular complexity index is 1280. The molecule has 7 heteroatoms. The van der Waals surface area contributed by atoms with Crippen molar-refractivity contribution in [3.05, 3.63) is 66.6 Å². The number of rotatable bonds is 5. The second kappa shape index (κ2) is 8.75. The van der Waals surface area contributed by atoms with Gasteiger partial charge < -0.3 is 18.6 Å². The number of imidazole rings is 1. The molecule has 0 radical (unpaired) electrons. The molecule has 1 saturated heterocycles. The second-order valence-electron chi connectivity index (χ2n) is 8.57. The molecule has 1 fully saturated rings. The SMILES string of the molecule is COc1ccc(-c2nc3ccc(-c4cccn4C)cn3c2CN2CCN(C(C)=O)CC2)cc1. The zero-order valence-electron chi connectivity index (χ0n) is 19.4. The Morgan fingerprint density at radius 2 is 1.73 bits per heavy atom. The van der Waals surface area contributed by atoms with Crippen LogP contribution in [0.1, 0.15) is 12.6 Å². The summed E-state index contributed by atoms with van der Waals surface area (Å²) in [7, 11) is 3.74. The highest BCUT2D eigenvalue weighted by Crippen LogP contribution is 2.29. The Morgan fingerprint density at radius 1 is 1.00 bits per heavy atom. The number of aromatic nitrogens is 3. The molecule has 1 aliphatic heterocycles. The zero-order valence-corrected chi connectivity index (χ0v) is 19.4. The first-order chi connectivity index (χ1) is 16.0.